The molecule has 1 heterocycles. The molecule has 0 aromatic heterocycles. The third kappa shape index (κ3) is 3.71. The normalized spacial score (nSPS) is 17.1. The number of benzene rings is 1. The lowest BCUT2D eigenvalue weighted by Gasteiger charge is -2.31. The van der Waals surface area contributed by atoms with Crippen LogP contribution in [0.4, 0.5) is 11.4 Å². The number of anilines is 1. The SMILES string of the molecule is CNc1cc(CN2CCN(C(C)(C)C)C2)ccc1[N+](=O)[O-]. The van der Waals surface area contributed by atoms with Crippen molar-refractivity contribution in [3.8, 4) is 0 Å². The smallest absolute Gasteiger partial charge is 0.292 e. The van der Waals surface area contributed by atoms with Crippen LogP contribution in [0.15, 0.2) is 18.2 Å². The Morgan fingerprint density at radius 3 is 2.57 bits per heavy atom. The molecule has 116 valence electrons. The molecule has 6 heteroatoms. The van der Waals surface area contributed by atoms with E-state index in [1.807, 2.05) is 12.1 Å². The molecule has 1 N–H and O–H groups in total. The van der Waals surface area contributed by atoms with Gasteiger partial charge in [-0.15, -0.1) is 0 Å². The van der Waals surface area contributed by atoms with Crippen molar-refractivity contribution in [2.75, 3.05) is 32.1 Å². The summed E-state index contributed by atoms with van der Waals surface area (Å²) in [5, 5.41) is 13.8. The Morgan fingerprint density at radius 1 is 1.33 bits per heavy atom. The van der Waals surface area contributed by atoms with Crippen molar-refractivity contribution in [2.45, 2.75) is 32.9 Å². The highest BCUT2D eigenvalue weighted by molar-refractivity contribution is 5.62. The summed E-state index contributed by atoms with van der Waals surface area (Å²) in [7, 11) is 1.71. The number of hydrogen-bond donors (Lipinski definition) is 1. The number of nitrogens with one attached hydrogen (secondary N) is 1. The Balaban J connectivity index is 2.06. The monoisotopic (exact) mass is 292 g/mol. The minimum atomic E-state index is -0.354. The van der Waals surface area contributed by atoms with Crippen LogP contribution < -0.4 is 5.32 Å². The summed E-state index contributed by atoms with van der Waals surface area (Å²) in [6.45, 7) is 10.5. The average Bonchev–Trinajstić information content (AvgIpc) is 2.86. The van der Waals surface area contributed by atoms with Crippen LogP contribution in [0.25, 0.3) is 0 Å². The maximum Gasteiger partial charge on any atom is 0.292 e. The standard InChI is InChI=1S/C15H24N4O2/c1-15(2,3)18-8-7-17(11-18)10-12-5-6-14(19(20)21)13(9-12)16-4/h5-6,9,16H,7-8,10-11H2,1-4H3. The molecular weight excluding hydrogens is 268 g/mol. The van der Waals surface area contributed by atoms with Gasteiger partial charge in [0.2, 0.25) is 0 Å². The Bertz CT molecular complexity index is 525. The molecular formula is C15H24N4O2. The van der Waals surface area contributed by atoms with Crippen molar-refractivity contribution >= 4 is 11.4 Å². The van der Waals surface area contributed by atoms with Gasteiger partial charge in [-0.2, -0.15) is 0 Å². The molecule has 6 nitrogen and oxygen atoms in total. The lowest BCUT2D eigenvalue weighted by molar-refractivity contribution is -0.384. The zero-order valence-electron chi connectivity index (χ0n) is 13.2. The van der Waals surface area contributed by atoms with E-state index >= 15 is 0 Å². The Morgan fingerprint density at radius 2 is 2.05 bits per heavy atom. The summed E-state index contributed by atoms with van der Waals surface area (Å²) >= 11 is 0. The molecule has 1 aliphatic heterocycles. The van der Waals surface area contributed by atoms with Gasteiger partial charge in [0.15, 0.2) is 0 Å². The van der Waals surface area contributed by atoms with Crippen molar-refractivity contribution in [1.29, 1.82) is 0 Å². The maximum atomic E-state index is 10.9. The van der Waals surface area contributed by atoms with Gasteiger partial charge in [-0.05, 0) is 32.4 Å². The van der Waals surface area contributed by atoms with E-state index < -0.39 is 0 Å². The minimum Gasteiger partial charge on any atom is -0.383 e. The molecule has 1 fully saturated rings. The first-order valence-corrected chi connectivity index (χ1v) is 7.24. The van der Waals surface area contributed by atoms with Gasteiger partial charge < -0.3 is 5.32 Å². The van der Waals surface area contributed by atoms with E-state index in [9.17, 15) is 10.1 Å². The lowest BCUT2D eigenvalue weighted by atomic mass is 10.1. The summed E-state index contributed by atoms with van der Waals surface area (Å²) in [6.07, 6.45) is 0. The summed E-state index contributed by atoms with van der Waals surface area (Å²) in [4.78, 5) is 15.4. The zero-order valence-corrected chi connectivity index (χ0v) is 13.2. The first-order valence-electron chi connectivity index (χ1n) is 7.24. The first-order chi connectivity index (χ1) is 9.81. The molecule has 1 aromatic rings. The van der Waals surface area contributed by atoms with E-state index in [1.54, 1.807) is 13.1 Å². The first kappa shape index (κ1) is 15.7. The predicted molar refractivity (Wildman–Crippen MR) is 84.4 cm³/mol. The molecule has 0 saturated carbocycles. The molecule has 1 aromatic carbocycles. The van der Waals surface area contributed by atoms with Crippen molar-refractivity contribution in [1.82, 2.24) is 9.80 Å². The molecule has 1 aliphatic rings. The summed E-state index contributed by atoms with van der Waals surface area (Å²) in [6, 6.07) is 5.30. The van der Waals surface area contributed by atoms with Crippen molar-refractivity contribution in [2.24, 2.45) is 0 Å². The summed E-state index contributed by atoms with van der Waals surface area (Å²) in [5.74, 6) is 0. The Kier molecular flexibility index (Phi) is 4.49. The predicted octanol–water partition coefficient (Wildman–Crippen LogP) is 2.51. The van der Waals surface area contributed by atoms with Crippen LogP contribution >= 0.6 is 0 Å². The molecule has 0 bridgehead atoms. The highest BCUT2D eigenvalue weighted by Crippen LogP contribution is 2.26. The Labute approximate surface area is 125 Å². The number of hydrogen-bond acceptors (Lipinski definition) is 5. The number of nitro groups is 1. The van der Waals surface area contributed by atoms with Crippen LogP contribution in [0.1, 0.15) is 26.3 Å². The Hall–Kier alpha value is -1.66. The number of nitrogens with zero attached hydrogens (tertiary/aromatic N) is 3. The fourth-order valence-corrected chi connectivity index (χ4v) is 2.62. The summed E-state index contributed by atoms with van der Waals surface area (Å²) in [5.41, 5.74) is 1.98. The van der Waals surface area contributed by atoms with Crippen LogP contribution in [-0.4, -0.2) is 47.1 Å². The molecule has 0 aliphatic carbocycles. The molecule has 0 atom stereocenters. The molecule has 0 spiro atoms. The lowest BCUT2D eigenvalue weighted by Crippen LogP contribution is -2.40. The second kappa shape index (κ2) is 5.99. The third-order valence-electron chi connectivity index (χ3n) is 3.94. The zero-order chi connectivity index (χ0) is 15.6. The molecule has 21 heavy (non-hydrogen) atoms. The molecule has 0 amide bonds. The van der Waals surface area contributed by atoms with Gasteiger partial charge >= 0.3 is 0 Å². The fraction of sp³-hybridized carbons (Fsp3) is 0.600. The number of nitro benzene ring substituents is 1. The number of rotatable bonds is 4. The van der Waals surface area contributed by atoms with E-state index in [0.29, 0.717) is 5.69 Å². The average molecular weight is 292 g/mol. The highest BCUT2D eigenvalue weighted by Gasteiger charge is 2.28. The van der Waals surface area contributed by atoms with Gasteiger partial charge in [-0.1, -0.05) is 6.07 Å². The van der Waals surface area contributed by atoms with Gasteiger partial charge in [-0.3, -0.25) is 19.9 Å². The third-order valence-corrected chi connectivity index (χ3v) is 3.94. The second-order valence-electron chi connectivity index (χ2n) is 6.49. The fourth-order valence-electron chi connectivity index (χ4n) is 2.62. The highest BCUT2D eigenvalue weighted by atomic mass is 16.6. The largest absolute Gasteiger partial charge is 0.383 e. The van der Waals surface area contributed by atoms with Crippen molar-refractivity contribution < 1.29 is 4.92 Å². The van der Waals surface area contributed by atoms with Crippen LogP contribution in [-0.2, 0) is 6.54 Å². The van der Waals surface area contributed by atoms with Gasteiger partial charge in [-0.25, -0.2) is 0 Å². The van der Waals surface area contributed by atoms with Gasteiger partial charge in [0, 0.05) is 38.3 Å². The van der Waals surface area contributed by atoms with Crippen LogP contribution in [0.5, 0.6) is 0 Å². The van der Waals surface area contributed by atoms with E-state index in [0.717, 1.165) is 31.9 Å². The van der Waals surface area contributed by atoms with Crippen LogP contribution in [0.3, 0.4) is 0 Å². The van der Waals surface area contributed by atoms with Crippen molar-refractivity contribution in [3.05, 3.63) is 33.9 Å². The molecule has 0 radical (unpaired) electrons. The van der Waals surface area contributed by atoms with E-state index in [1.165, 1.54) is 0 Å². The topological polar surface area (TPSA) is 61.6 Å². The summed E-state index contributed by atoms with van der Waals surface area (Å²) < 4.78 is 0. The van der Waals surface area contributed by atoms with Crippen LogP contribution in [0.2, 0.25) is 0 Å². The van der Waals surface area contributed by atoms with Gasteiger partial charge in [0.05, 0.1) is 11.6 Å². The van der Waals surface area contributed by atoms with Crippen LogP contribution in [0, 0.1) is 10.1 Å². The van der Waals surface area contributed by atoms with E-state index in [2.05, 4.69) is 35.9 Å². The van der Waals surface area contributed by atoms with Crippen molar-refractivity contribution in [3.63, 3.8) is 0 Å². The molecule has 1 saturated heterocycles. The quantitative estimate of drug-likeness (QED) is 0.682. The molecule has 2 rings (SSSR count). The van der Waals surface area contributed by atoms with E-state index in [-0.39, 0.29) is 16.1 Å². The van der Waals surface area contributed by atoms with Gasteiger partial charge in [0.1, 0.15) is 5.69 Å². The van der Waals surface area contributed by atoms with Gasteiger partial charge in [0.25, 0.3) is 5.69 Å². The minimum absolute atomic E-state index is 0.124. The van der Waals surface area contributed by atoms with E-state index in [4.69, 9.17) is 0 Å². The molecule has 0 unspecified atom stereocenters. The maximum absolute atomic E-state index is 10.9. The second-order valence-corrected chi connectivity index (χ2v) is 6.49.